The number of aryl methyl sites for hydroxylation is 3. The summed E-state index contributed by atoms with van der Waals surface area (Å²) in [6, 6.07) is 12.3. The molecular formula is C28H38N2O2. The quantitative estimate of drug-likeness (QED) is 0.226. The lowest BCUT2D eigenvalue weighted by atomic mass is 9.99. The Kier molecular flexibility index (Phi) is 11.3. The number of nitrogens with zero attached hydrogens (tertiary/aromatic N) is 1. The molecule has 0 aliphatic heterocycles. The fraction of sp³-hybridized carbons (Fsp3) is 0.429. The highest BCUT2D eigenvalue weighted by Crippen LogP contribution is 2.23. The molecule has 0 spiro atoms. The number of pyridine rings is 1. The number of carbonyl (C=O) groups excluding carboxylic acids is 1. The van der Waals surface area contributed by atoms with Gasteiger partial charge in [-0.25, -0.2) is 0 Å². The van der Waals surface area contributed by atoms with Gasteiger partial charge in [-0.05, 0) is 80.9 Å². The smallest absolute Gasteiger partial charge is 0.243 e. The van der Waals surface area contributed by atoms with E-state index in [1.807, 2.05) is 25.1 Å². The molecule has 1 N–H and O–H groups in total. The van der Waals surface area contributed by atoms with Gasteiger partial charge in [-0.3, -0.25) is 9.78 Å². The van der Waals surface area contributed by atoms with Crippen LogP contribution in [0.4, 0.5) is 0 Å². The summed E-state index contributed by atoms with van der Waals surface area (Å²) in [5.41, 5.74) is 5.87. The normalized spacial score (nSPS) is 11.7. The second-order valence-electron chi connectivity index (χ2n) is 8.18. The fourth-order valence-electron chi connectivity index (χ4n) is 3.64. The van der Waals surface area contributed by atoms with Gasteiger partial charge in [0.2, 0.25) is 5.91 Å². The van der Waals surface area contributed by atoms with Crippen LogP contribution < -0.4 is 10.1 Å². The Morgan fingerprint density at radius 2 is 1.81 bits per heavy atom. The molecule has 32 heavy (non-hydrogen) atoms. The van der Waals surface area contributed by atoms with Gasteiger partial charge in [0.1, 0.15) is 5.75 Å². The minimum Gasteiger partial charge on any atom is -0.497 e. The van der Waals surface area contributed by atoms with E-state index in [0.29, 0.717) is 6.54 Å². The summed E-state index contributed by atoms with van der Waals surface area (Å²) in [5, 5.41) is 2.99. The van der Waals surface area contributed by atoms with E-state index in [1.165, 1.54) is 29.5 Å². The van der Waals surface area contributed by atoms with Crippen LogP contribution in [0.5, 0.6) is 5.75 Å². The van der Waals surface area contributed by atoms with Crippen LogP contribution >= 0.6 is 0 Å². The van der Waals surface area contributed by atoms with Crippen LogP contribution in [0.2, 0.25) is 0 Å². The van der Waals surface area contributed by atoms with Crippen LogP contribution in [-0.4, -0.2) is 24.5 Å². The number of amides is 1. The van der Waals surface area contributed by atoms with Crippen molar-refractivity contribution >= 4 is 11.5 Å². The first-order valence-electron chi connectivity index (χ1n) is 11.8. The maximum absolute atomic E-state index is 12.2. The van der Waals surface area contributed by atoms with Crippen molar-refractivity contribution in [2.45, 2.75) is 65.7 Å². The highest BCUT2D eigenvalue weighted by Gasteiger charge is 2.03. The molecule has 0 radical (unpaired) electrons. The molecule has 0 atom stereocenters. The molecule has 4 nitrogen and oxygen atoms in total. The van der Waals surface area contributed by atoms with Gasteiger partial charge in [-0.15, -0.1) is 0 Å². The van der Waals surface area contributed by atoms with Crippen molar-refractivity contribution in [2.24, 2.45) is 0 Å². The van der Waals surface area contributed by atoms with Crippen molar-refractivity contribution in [1.29, 1.82) is 0 Å². The first-order chi connectivity index (χ1) is 15.5. The van der Waals surface area contributed by atoms with Gasteiger partial charge in [0.15, 0.2) is 0 Å². The Morgan fingerprint density at radius 3 is 2.50 bits per heavy atom. The number of ether oxygens (including phenoxy) is 1. The molecule has 4 heteroatoms. The summed E-state index contributed by atoms with van der Waals surface area (Å²) in [6.45, 7) is 6.97. The number of carbonyl (C=O) groups is 1. The molecule has 1 amide bonds. The van der Waals surface area contributed by atoms with Crippen LogP contribution in [0, 0.1) is 13.8 Å². The van der Waals surface area contributed by atoms with Gasteiger partial charge >= 0.3 is 0 Å². The number of rotatable bonds is 13. The summed E-state index contributed by atoms with van der Waals surface area (Å²) >= 11 is 0. The van der Waals surface area contributed by atoms with Gasteiger partial charge in [-0.2, -0.15) is 0 Å². The van der Waals surface area contributed by atoms with Gasteiger partial charge < -0.3 is 10.1 Å². The summed E-state index contributed by atoms with van der Waals surface area (Å²) in [6.07, 6.45) is 13.1. The van der Waals surface area contributed by atoms with E-state index in [-0.39, 0.29) is 5.91 Å². The molecule has 0 saturated carbocycles. The van der Waals surface area contributed by atoms with Gasteiger partial charge in [0.25, 0.3) is 0 Å². The summed E-state index contributed by atoms with van der Waals surface area (Å²) in [4.78, 5) is 16.7. The minimum absolute atomic E-state index is 0.0444. The van der Waals surface area contributed by atoms with Crippen molar-refractivity contribution < 1.29 is 9.53 Å². The third-order valence-electron chi connectivity index (χ3n) is 5.56. The van der Waals surface area contributed by atoms with Crippen molar-refractivity contribution in [3.63, 3.8) is 0 Å². The molecule has 1 aromatic heterocycles. The van der Waals surface area contributed by atoms with Crippen LogP contribution in [0.15, 0.2) is 54.6 Å². The van der Waals surface area contributed by atoms with Gasteiger partial charge in [0.05, 0.1) is 7.11 Å². The number of unbranched alkanes of at least 4 members (excludes halogenated alkanes) is 3. The van der Waals surface area contributed by atoms with E-state index >= 15 is 0 Å². The first-order valence-corrected chi connectivity index (χ1v) is 11.8. The molecule has 2 rings (SSSR count). The Hall–Kier alpha value is -2.88. The van der Waals surface area contributed by atoms with E-state index in [0.717, 1.165) is 49.2 Å². The predicted molar refractivity (Wildman–Crippen MR) is 134 cm³/mol. The Bertz CT molecular complexity index is 898. The molecule has 0 fully saturated rings. The van der Waals surface area contributed by atoms with Crippen LogP contribution in [0.25, 0.3) is 5.57 Å². The average molecular weight is 435 g/mol. The second-order valence-corrected chi connectivity index (χ2v) is 8.18. The fourth-order valence-corrected chi connectivity index (χ4v) is 3.64. The molecule has 0 unspecified atom stereocenters. The predicted octanol–water partition coefficient (Wildman–Crippen LogP) is 6.37. The number of methoxy groups -OCH3 is 1. The number of nitrogens with one attached hydrogen (secondary N) is 1. The third kappa shape index (κ3) is 9.09. The standard InChI is InChI=1S/C28H38N2O2/c1-5-6-7-12-25(26-17-19-27(32-4)20-18-26)13-10-14-28(31)29-21-9-8-11-24-16-15-22(2)30-23(24)3/h10,13-20H,5-9,11-12,21H2,1-4H3,(H,29,31)/b14-10+,25-13+. The monoisotopic (exact) mass is 434 g/mol. The van der Waals surface area contributed by atoms with E-state index in [4.69, 9.17) is 4.74 Å². The molecule has 0 aliphatic rings. The molecule has 1 aromatic carbocycles. The summed E-state index contributed by atoms with van der Waals surface area (Å²) in [5.74, 6) is 0.808. The first kappa shape index (κ1) is 25.4. The molecule has 172 valence electrons. The SMILES string of the molecule is CCCCC/C(=C\C=C\C(=O)NCCCCc1ccc(C)nc1C)c1ccc(OC)cc1. The van der Waals surface area contributed by atoms with Crippen molar-refractivity contribution in [1.82, 2.24) is 10.3 Å². The highest BCUT2D eigenvalue weighted by atomic mass is 16.5. The van der Waals surface area contributed by atoms with Gasteiger partial charge in [0, 0.05) is 24.0 Å². The Morgan fingerprint density at radius 1 is 1.03 bits per heavy atom. The molecule has 1 heterocycles. The number of aromatic nitrogens is 1. The average Bonchev–Trinajstić information content (AvgIpc) is 2.79. The van der Waals surface area contributed by atoms with Crippen LogP contribution in [0.3, 0.4) is 0 Å². The van der Waals surface area contributed by atoms with Crippen LogP contribution in [0.1, 0.15) is 68.0 Å². The summed E-state index contributed by atoms with van der Waals surface area (Å²) in [7, 11) is 1.68. The molecule has 0 aliphatic carbocycles. The molecule has 0 saturated heterocycles. The number of hydrogen-bond donors (Lipinski definition) is 1. The lowest BCUT2D eigenvalue weighted by molar-refractivity contribution is -0.116. The minimum atomic E-state index is -0.0444. The molecular weight excluding hydrogens is 396 g/mol. The van der Waals surface area contributed by atoms with Crippen LogP contribution in [-0.2, 0) is 11.2 Å². The second kappa shape index (κ2) is 14.2. The van der Waals surface area contributed by atoms with E-state index in [9.17, 15) is 4.79 Å². The summed E-state index contributed by atoms with van der Waals surface area (Å²) < 4.78 is 5.26. The van der Waals surface area contributed by atoms with Crippen molar-refractivity contribution in [3.05, 3.63) is 77.1 Å². The lowest BCUT2D eigenvalue weighted by Crippen LogP contribution is -2.22. The topological polar surface area (TPSA) is 51.2 Å². The highest BCUT2D eigenvalue weighted by molar-refractivity contribution is 5.88. The van der Waals surface area contributed by atoms with E-state index < -0.39 is 0 Å². The Labute approximate surface area is 193 Å². The Balaban J connectivity index is 1.81. The lowest BCUT2D eigenvalue weighted by Gasteiger charge is -2.08. The van der Waals surface area contributed by atoms with Crippen molar-refractivity contribution in [2.75, 3.05) is 13.7 Å². The zero-order valence-electron chi connectivity index (χ0n) is 20.1. The zero-order valence-corrected chi connectivity index (χ0v) is 20.1. The maximum Gasteiger partial charge on any atom is 0.243 e. The molecule has 0 bridgehead atoms. The van der Waals surface area contributed by atoms with E-state index in [2.05, 4.69) is 54.5 Å². The number of benzene rings is 1. The third-order valence-corrected chi connectivity index (χ3v) is 5.56. The zero-order chi connectivity index (χ0) is 23.2. The van der Waals surface area contributed by atoms with E-state index in [1.54, 1.807) is 13.2 Å². The van der Waals surface area contributed by atoms with Gasteiger partial charge in [-0.1, -0.05) is 50.1 Å². The number of allylic oxidation sites excluding steroid dienone is 3. The largest absolute Gasteiger partial charge is 0.497 e. The maximum atomic E-state index is 12.2. The number of hydrogen-bond acceptors (Lipinski definition) is 3. The molecule has 2 aromatic rings. The van der Waals surface area contributed by atoms with Crippen molar-refractivity contribution in [3.8, 4) is 5.75 Å².